The number of fused-ring (bicyclic) bond motifs is 1. The smallest absolute Gasteiger partial charge is 0.199 e. The van der Waals surface area contributed by atoms with Gasteiger partial charge in [0.15, 0.2) is 11.5 Å². The topological polar surface area (TPSA) is 97.5 Å². The third-order valence-electron chi connectivity index (χ3n) is 2.31. The number of aliphatic hydroxyl groups excluding tert-OH is 1. The van der Waals surface area contributed by atoms with Gasteiger partial charge < -0.3 is 15.2 Å². The average molecular weight is 238 g/mol. The molecule has 0 radical (unpaired) electrons. The third-order valence-corrected chi connectivity index (χ3v) is 2.31. The van der Waals surface area contributed by atoms with Gasteiger partial charge in [-0.2, -0.15) is 4.52 Å². The van der Waals surface area contributed by atoms with Gasteiger partial charge in [-0.1, -0.05) is 0 Å². The summed E-state index contributed by atoms with van der Waals surface area (Å²) >= 11 is 0. The molecule has 0 aliphatic heterocycles. The zero-order valence-electron chi connectivity index (χ0n) is 9.44. The summed E-state index contributed by atoms with van der Waals surface area (Å²) in [7, 11) is 1.61. The number of ether oxygens (including phenoxy) is 1. The molecule has 0 amide bonds. The summed E-state index contributed by atoms with van der Waals surface area (Å²) in [6.07, 6.45) is 3.78. The van der Waals surface area contributed by atoms with Crippen LogP contribution in [0.1, 0.15) is 6.42 Å². The van der Waals surface area contributed by atoms with Crippen molar-refractivity contribution >= 4 is 11.5 Å². The fourth-order valence-electron chi connectivity index (χ4n) is 1.54. The van der Waals surface area contributed by atoms with Crippen molar-refractivity contribution in [2.75, 3.05) is 25.6 Å². The number of hydrogen-bond acceptors (Lipinski definition) is 7. The lowest BCUT2D eigenvalue weighted by atomic mass is 10.2. The van der Waals surface area contributed by atoms with E-state index in [1.165, 1.54) is 0 Å². The second kappa shape index (κ2) is 5.51. The zero-order chi connectivity index (χ0) is 12.1. The van der Waals surface area contributed by atoms with E-state index in [0.717, 1.165) is 0 Å². The minimum atomic E-state index is -0.0124. The van der Waals surface area contributed by atoms with Gasteiger partial charge in [0.2, 0.25) is 0 Å². The predicted molar refractivity (Wildman–Crippen MR) is 59.6 cm³/mol. The maximum Gasteiger partial charge on any atom is 0.199 e. The summed E-state index contributed by atoms with van der Waals surface area (Å²) < 4.78 is 6.62. The normalized spacial score (nSPS) is 12.8. The van der Waals surface area contributed by atoms with Crippen LogP contribution in [0.15, 0.2) is 12.4 Å². The van der Waals surface area contributed by atoms with Gasteiger partial charge in [-0.3, -0.25) is 4.98 Å². The van der Waals surface area contributed by atoms with Crippen LogP contribution in [0.2, 0.25) is 0 Å². The quantitative estimate of drug-likeness (QED) is 0.688. The van der Waals surface area contributed by atoms with Crippen LogP contribution in [-0.4, -0.2) is 56.5 Å². The Bertz CT molecular complexity index is 467. The van der Waals surface area contributed by atoms with E-state index in [0.29, 0.717) is 24.5 Å². The largest absolute Gasteiger partial charge is 0.396 e. The van der Waals surface area contributed by atoms with Crippen LogP contribution in [0.25, 0.3) is 5.65 Å². The molecule has 1 atom stereocenters. The number of nitrogens with zero attached hydrogens (tertiary/aromatic N) is 5. The number of methoxy groups -OCH3 is 1. The lowest BCUT2D eigenvalue weighted by molar-refractivity contribution is 0.170. The Morgan fingerprint density at radius 2 is 2.41 bits per heavy atom. The number of tetrazole rings is 1. The Labute approximate surface area is 97.6 Å². The number of rotatable bonds is 6. The summed E-state index contributed by atoms with van der Waals surface area (Å²) in [5.41, 5.74) is 0.565. The molecule has 2 heterocycles. The van der Waals surface area contributed by atoms with Crippen LogP contribution in [0.4, 0.5) is 5.82 Å². The molecule has 1 unspecified atom stereocenters. The van der Waals surface area contributed by atoms with Crippen molar-refractivity contribution < 1.29 is 9.84 Å². The van der Waals surface area contributed by atoms with E-state index in [2.05, 4.69) is 25.8 Å². The maximum absolute atomic E-state index is 8.96. The van der Waals surface area contributed by atoms with Gasteiger partial charge >= 0.3 is 0 Å². The van der Waals surface area contributed by atoms with Gasteiger partial charge in [-0.05, 0) is 16.8 Å². The SMILES string of the molecule is COCC(CCO)Nc1cncc2nnnn12. The van der Waals surface area contributed by atoms with E-state index >= 15 is 0 Å². The van der Waals surface area contributed by atoms with E-state index in [4.69, 9.17) is 9.84 Å². The number of aromatic nitrogens is 5. The van der Waals surface area contributed by atoms with Crippen molar-refractivity contribution in [3.63, 3.8) is 0 Å². The molecular weight excluding hydrogens is 224 g/mol. The van der Waals surface area contributed by atoms with Crippen molar-refractivity contribution in [3.05, 3.63) is 12.4 Å². The molecule has 0 spiro atoms. The summed E-state index contributed by atoms with van der Waals surface area (Å²) in [4.78, 5) is 4.03. The first-order chi connectivity index (χ1) is 8.35. The van der Waals surface area contributed by atoms with Gasteiger partial charge in [0, 0.05) is 13.7 Å². The lowest BCUT2D eigenvalue weighted by Crippen LogP contribution is -2.27. The van der Waals surface area contributed by atoms with E-state index < -0.39 is 0 Å². The fourth-order valence-corrected chi connectivity index (χ4v) is 1.54. The highest BCUT2D eigenvalue weighted by molar-refractivity contribution is 5.44. The van der Waals surface area contributed by atoms with Crippen LogP contribution in [0, 0.1) is 0 Å². The molecule has 8 heteroatoms. The molecule has 2 aromatic heterocycles. The highest BCUT2D eigenvalue weighted by atomic mass is 16.5. The molecule has 0 bridgehead atoms. The van der Waals surface area contributed by atoms with Gasteiger partial charge in [0.1, 0.15) is 0 Å². The van der Waals surface area contributed by atoms with Gasteiger partial charge in [0.25, 0.3) is 0 Å². The Balaban J connectivity index is 2.18. The van der Waals surface area contributed by atoms with E-state index in [1.807, 2.05) is 0 Å². The van der Waals surface area contributed by atoms with Gasteiger partial charge in [0.05, 0.1) is 25.0 Å². The predicted octanol–water partition coefficient (Wildman–Crippen LogP) is -0.671. The van der Waals surface area contributed by atoms with E-state index in [9.17, 15) is 0 Å². The van der Waals surface area contributed by atoms with Crippen LogP contribution in [-0.2, 0) is 4.74 Å². The van der Waals surface area contributed by atoms with E-state index in [1.54, 1.807) is 24.0 Å². The lowest BCUT2D eigenvalue weighted by Gasteiger charge is -2.17. The number of anilines is 1. The van der Waals surface area contributed by atoms with Crippen molar-refractivity contribution in [1.29, 1.82) is 0 Å². The zero-order valence-corrected chi connectivity index (χ0v) is 9.44. The molecule has 0 saturated carbocycles. The Kier molecular flexibility index (Phi) is 3.78. The summed E-state index contributed by atoms with van der Waals surface area (Å²) in [5.74, 6) is 0.669. The summed E-state index contributed by atoms with van der Waals surface area (Å²) in [5, 5.41) is 23.3. The molecule has 0 fully saturated rings. The maximum atomic E-state index is 8.96. The third kappa shape index (κ3) is 2.66. The van der Waals surface area contributed by atoms with Gasteiger partial charge in [-0.15, -0.1) is 5.10 Å². The monoisotopic (exact) mass is 238 g/mol. The molecule has 0 aromatic carbocycles. The number of nitrogens with one attached hydrogen (secondary N) is 1. The minimum absolute atomic E-state index is 0.0124. The molecule has 8 nitrogen and oxygen atoms in total. The first-order valence-corrected chi connectivity index (χ1v) is 5.23. The second-order valence-corrected chi connectivity index (χ2v) is 3.55. The van der Waals surface area contributed by atoms with Gasteiger partial charge in [-0.25, -0.2) is 0 Å². The first kappa shape index (κ1) is 11.7. The van der Waals surface area contributed by atoms with Crippen molar-refractivity contribution in [3.8, 4) is 0 Å². The Hall–Kier alpha value is -1.80. The van der Waals surface area contributed by atoms with Crippen molar-refractivity contribution in [2.45, 2.75) is 12.5 Å². The average Bonchev–Trinajstić information content (AvgIpc) is 2.79. The number of hydrogen-bond donors (Lipinski definition) is 2. The minimum Gasteiger partial charge on any atom is -0.396 e. The van der Waals surface area contributed by atoms with Crippen LogP contribution >= 0.6 is 0 Å². The highest BCUT2D eigenvalue weighted by Crippen LogP contribution is 2.09. The first-order valence-electron chi connectivity index (χ1n) is 5.23. The standard InChI is InChI=1S/C9H14N6O2/c1-17-6-7(2-3-16)11-8-4-10-5-9-12-13-14-15(8)9/h4-5,7,11,16H,2-3,6H2,1H3. The molecule has 92 valence electrons. The summed E-state index contributed by atoms with van der Waals surface area (Å²) in [6.45, 7) is 0.569. The Morgan fingerprint density at radius 3 is 3.18 bits per heavy atom. The second-order valence-electron chi connectivity index (χ2n) is 3.55. The molecule has 0 saturated heterocycles. The molecule has 2 rings (SSSR count). The van der Waals surface area contributed by atoms with E-state index in [-0.39, 0.29) is 12.6 Å². The van der Waals surface area contributed by atoms with Crippen LogP contribution in [0.5, 0.6) is 0 Å². The highest BCUT2D eigenvalue weighted by Gasteiger charge is 2.11. The number of aliphatic hydroxyl groups is 1. The molecule has 2 aromatic rings. The molecule has 17 heavy (non-hydrogen) atoms. The fraction of sp³-hybridized carbons (Fsp3) is 0.556. The summed E-state index contributed by atoms with van der Waals surface area (Å²) in [6, 6.07) is -0.0124. The van der Waals surface area contributed by atoms with Crippen LogP contribution in [0.3, 0.4) is 0 Å². The molecule has 0 aliphatic carbocycles. The Morgan fingerprint density at radius 1 is 1.53 bits per heavy atom. The van der Waals surface area contributed by atoms with Crippen LogP contribution < -0.4 is 5.32 Å². The molecule has 2 N–H and O–H groups in total. The molecule has 0 aliphatic rings. The van der Waals surface area contributed by atoms with Crippen molar-refractivity contribution in [1.82, 2.24) is 25.0 Å². The van der Waals surface area contributed by atoms with Crippen molar-refractivity contribution in [2.24, 2.45) is 0 Å². The molecular formula is C9H14N6O2.